The number of aryl methyl sites for hydroxylation is 2. The van der Waals surface area contributed by atoms with Gasteiger partial charge in [0.05, 0.1) is 30.7 Å². The van der Waals surface area contributed by atoms with Crippen molar-refractivity contribution >= 4 is 16.7 Å². The van der Waals surface area contributed by atoms with Gasteiger partial charge in [-0.05, 0) is 34.4 Å². The zero-order chi connectivity index (χ0) is 26.5. The van der Waals surface area contributed by atoms with E-state index in [1.165, 1.54) is 6.07 Å². The molecule has 0 unspecified atom stereocenters. The van der Waals surface area contributed by atoms with Crippen molar-refractivity contribution < 1.29 is 13.9 Å². The number of carbonyl (C=O) groups excluding carboxylic acids is 1. The summed E-state index contributed by atoms with van der Waals surface area (Å²) in [5, 5.41) is 2.21. The number of hydrogen-bond acceptors (Lipinski definition) is 3. The molecule has 3 aromatic carbocycles. The maximum atomic E-state index is 14.1. The van der Waals surface area contributed by atoms with Crippen molar-refractivity contribution in [3.63, 3.8) is 0 Å². The predicted octanol–water partition coefficient (Wildman–Crippen LogP) is 5.65. The SMILES string of the molecule is COCCN(C)C(=O)c1cn(Cc2cncn2CCc2ccccc2F)cc1-c1cccc2ccccc12. The Morgan fingerprint density at radius 2 is 1.79 bits per heavy atom. The van der Waals surface area contributed by atoms with Crippen molar-refractivity contribution in [3.8, 4) is 11.1 Å². The van der Waals surface area contributed by atoms with E-state index in [1.54, 1.807) is 31.5 Å². The van der Waals surface area contributed by atoms with Crippen LogP contribution in [0.3, 0.4) is 0 Å². The van der Waals surface area contributed by atoms with Gasteiger partial charge in [-0.1, -0.05) is 60.7 Å². The van der Waals surface area contributed by atoms with E-state index in [0.29, 0.717) is 43.8 Å². The Morgan fingerprint density at radius 3 is 2.63 bits per heavy atom. The molecule has 38 heavy (non-hydrogen) atoms. The number of nitrogens with zero attached hydrogens (tertiary/aromatic N) is 4. The maximum Gasteiger partial charge on any atom is 0.255 e. The van der Waals surface area contributed by atoms with Crippen LogP contribution in [0.25, 0.3) is 21.9 Å². The Kier molecular flexibility index (Phi) is 7.65. The fourth-order valence-corrected chi connectivity index (χ4v) is 4.79. The monoisotopic (exact) mass is 510 g/mol. The van der Waals surface area contributed by atoms with Crippen LogP contribution in [-0.2, 0) is 24.2 Å². The molecule has 0 saturated heterocycles. The molecule has 0 fully saturated rings. The molecular weight excluding hydrogens is 479 g/mol. The second-order valence-electron chi connectivity index (χ2n) is 9.42. The number of ether oxygens (including phenoxy) is 1. The third kappa shape index (κ3) is 5.38. The summed E-state index contributed by atoms with van der Waals surface area (Å²) in [4.78, 5) is 19.6. The second-order valence-corrected chi connectivity index (χ2v) is 9.42. The summed E-state index contributed by atoms with van der Waals surface area (Å²) >= 11 is 0. The molecule has 0 aliphatic carbocycles. The third-order valence-electron chi connectivity index (χ3n) is 6.89. The molecule has 0 bridgehead atoms. The van der Waals surface area contributed by atoms with Gasteiger partial charge in [-0.25, -0.2) is 9.37 Å². The van der Waals surface area contributed by atoms with E-state index in [-0.39, 0.29) is 11.7 Å². The van der Waals surface area contributed by atoms with Crippen LogP contribution in [0, 0.1) is 5.82 Å². The average molecular weight is 511 g/mol. The Morgan fingerprint density at radius 1 is 1.00 bits per heavy atom. The Hall–Kier alpha value is -4.23. The van der Waals surface area contributed by atoms with E-state index < -0.39 is 0 Å². The Bertz CT molecular complexity index is 1550. The number of halogens is 1. The van der Waals surface area contributed by atoms with Gasteiger partial charge in [0.2, 0.25) is 0 Å². The lowest BCUT2D eigenvalue weighted by atomic mass is 9.97. The second kappa shape index (κ2) is 11.4. The van der Waals surface area contributed by atoms with Crippen LogP contribution in [0.15, 0.2) is 91.6 Å². The van der Waals surface area contributed by atoms with Gasteiger partial charge in [-0.3, -0.25) is 4.79 Å². The Labute approximate surface area is 221 Å². The number of benzene rings is 3. The highest BCUT2D eigenvalue weighted by atomic mass is 19.1. The molecule has 0 saturated carbocycles. The molecule has 0 radical (unpaired) electrons. The number of methoxy groups -OCH3 is 1. The fourth-order valence-electron chi connectivity index (χ4n) is 4.79. The van der Waals surface area contributed by atoms with Gasteiger partial charge in [0.25, 0.3) is 5.91 Å². The fraction of sp³-hybridized carbons (Fsp3) is 0.226. The molecule has 6 nitrogen and oxygen atoms in total. The predicted molar refractivity (Wildman–Crippen MR) is 148 cm³/mol. The summed E-state index contributed by atoms with van der Waals surface area (Å²) in [6, 6.07) is 21.2. The van der Waals surface area contributed by atoms with E-state index >= 15 is 0 Å². The number of rotatable bonds is 10. The highest BCUT2D eigenvalue weighted by Gasteiger charge is 2.21. The van der Waals surface area contributed by atoms with Gasteiger partial charge in [0.15, 0.2) is 0 Å². The molecule has 1 amide bonds. The first-order valence-electron chi connectivity index (χ1n) is 12.7. The van der Waals surface area contributed by atoms with Gasteiger partial charge in [0.1, 0.15) is 5.82 Å². The molecule has 7 heteroatoms. The van der Waals surface area contributed by atoms with Crippen molar-refractivity contribution in [2.75, 3.05) is 27.3 Å². The van der Waals surface area contributed by atoms with Crippen LogP contribution >= 0.6 is 0 Å². The number of carbonyl (C=O) groups is 1. The number of likely N-dealkylation sites (N-methyl/N-ethyl adjacent to an activating group) is 1. The number of aromatic nitrogens is 3. The summed E-state index contributed by atoms with van der Waals surface area (Å²) in [5.74, 6) is -0.253. The molecule has 0 spiro atoms. The van der Waals surface area contributed by atoms with Crippen LogP contribution in [0.5, 0.6) is 0 Å². The van der Waals surface area contributed by atoms with Gasteiger partial charge in [-0.2, -0.15) is 0 Å². The van der Waals surface area contributed by atoms with Crippen LogP contribution in [0.2, 0.25) is 0 Å². The summed E-state index contributed by atoms with van der Waals surface area (Å²) in [5.41, 5.74) is 4.19. The molecule has 2 aromatic heterocycles. The van der Waals surface area contributed by atoms with E-state index in [1.807, 2.05) is 58.1 Å². The highest BCUT2D eigenvalue weighted by Crippen LogP contribution is 2.32. The number of amides is 1. The first-order chi connectivity index (χ1) is 18.5. The van der Waals surface area contributed by atoms with E-state index in [9.17, 15) is 9.18 Å². The molecule has 0 atom stereocenters. The quantitative estimate of drug-likeness (QED) is 0.244. The Balaban J connectivity index is 1.47. The van der Waals surface area contributed by atoms with E-state index in [4.69, 9.17) is 4.74 Å². The molecular formula is C31H31FN4O2. The highest BCUT2D eigenvalue weighted by molar-refractivity contribution is 6.05. The van der Waals surface area contributed by atoms with Crippen LogP contribution in [0.4, 0.5) is 4.39 Å². The van der Waals surface area contributed by atoms with Gasteiger partial charge < -0.3 is 18.8 Å². The summed E-state index contributed by atoms with van der Waals surface area (Å²) < 4.78 is 23.4. The van der Waals surface area contributed by atoms with E-state index in [0.717, 1.165) is 27.6 Å². The summed E-state index contributed by atoms with van der Waals surface area (Å²) in [6.07, 6.45) is 8.11. The molecule has 5 aromatic rings. The van der Waals surface area contributed by atoms with Crippen molar-refractivity contribution in [2.24, 2.45) is 0 Å². The molecule has 0 aliphatic heterocycles. The zero-order valence-corrected chi connectivity index (χ0v) is 21.7. The van der Waals surface area contributed by atoms with Gasteiger partial charge in [-0.15, -0.1) is 0 Å². The normalized spacial score (nSPS) is 11.2. The lowest BCUT2D eigenvalue weighted by molar-refractivity contribution is 0.0745. The largest absolute Gasteiger partial charge is 0.383 e. The minimum Gasteiger partial charge on any atom is -0.383 e. The zero-order valence-electron chi connectivity index (χ0n) is 21.7. The number of hydrogen-bond donors (Lipinski definition) is 0. The molecule has 0 aliphatic rings. The lowest BCUT2D eigenvalue weighted by Crippen LogP contribution is -2.30. The first kappa shape index (κ1) is 25.4. The summed E-state index contributed by atoms with van der Waals surface area (Å²) in [6.45, 7) is 2.11. The van der Waals surface area contributed by atoms with Gasteiger partial charge in [0, 0.05) is 51.4 Å². The molecule has 2 heterocycles. The minimum atomic E-state index is -0.194. The number of imidazole rings is 1. The third-order valence-corrected chi connectivity index (χ3v) is 6.89. The standard InChI is InChI=1S/C31H31FN4O2/c1-34(16-17-38-2)31(37)29-21-35(20-28(29)27-12-7-10-23-8-3-5-11-26(23)27)19-25-18-33-22-36(25)15-14-24-9-4-6-13-30(24)32/h3-13,18,20-22H,14-17,19H2,1-2H3. The lowest BCUT2D eigenvalue weighted by Gasteiger charge is -2.17. The van der Waals surface area contributed by atoms with Crippen LogP contribution in [-0.4, -0.2) is 52.2 Å². The molecule has 5 rings (SSSR count). The van der Waals surface area contributed by atoms with Crippen molar-refractivity contribution in [2.45, 2.75) is 19.5 Å². The van der Waals surface area contributed by atoms with Crippen molar-refractivity contribution in [1.29, 1.82) is 0 Å². The average Bonchev–Trinajstić information content (AvgIpc) is 3.57. The molecule has 194 valence electrons. The van der Waals surface area contributed by atoms with Gasteiger partial charge >= 0.3 is 0 Å². The number of fused-ring (bicyclic) bond motifs is 1. The summed E-state index contributed by atoms with van der Waals surface area (Å²) in [7, 11) is 3.43. The smallest absolute Gasteiger partial charge is 0.255 e. The topological polar surface area (TPSA) is 52.3 Å². The first-order valence-corrected chi connectivity index (χ1v) is 12.7. The van der Waals surface area contributed by atoms with Crippen molar-refractivity contribution in [1.82, 2.24) is 19.0 Å². The maximum absolute atomic E-state index is 14.1. The molecule has 0 N–H and O–H groups in total. The van der Waals surface area contributed by atoms with Crippen LogP contribution in [0.1, 0.15) is 21.6 Å². The van der Waals surface area contributed by atoms with Crippen molar-refractivity contribution in [3.05, 3.63) is 114 Å². The van der Waals surface area contributed by atoms with Crippen LogP contribution < -0.4 is 0 Å². The minimum absolute atomic E-state index is 0.0585. The van der Waals surface area contributed by atoms with E-state index in [2.05, 4.69) is 29.2 Å².